The van der Waals surface area contributed by atoms with Crippen LogP contribution < -0.4 is 5.32 Å². The highest BCUT2D eigenvalue weighted by atomic mass is 79.9. The number of nitrogens with zero attached hydrogens (tertiary/aromatic N) is 2. The first-order chi connectivity index (χ1) is 9.15. The van der Waals surface area contributed by atoms with Crippen molar-refractivity contribution in [3.05, 3.63) is 51.2 Å². The first-order valence-electron chi connectivity index (χ1n) is 6.06. The lowest BCUT2D eigenvalue weighted by Crippen LogP contribution is -2.03. The summed E-state index contributed by atoms with van der Waals surface area (Å²) in [5, 5.41) is 5.51. The maximum Gasteiger partial charge on any atom is 0.194 e. The van der Waals surface area contributed by atoms with E-state index in [9.17, 15) is 0 Å². The van der Waals surface area contributed by atoms with Crippen molar-refractivity contribution < 1.29 is 0 Å². The van der Waals surface area contributed by atoms with Gasteiger partial charge in [-0.25, -0.2) is 4.98 Å². The summed E-state index contributed by atoms with van der Waals surface area (Å²) in [6.45, 7) is 4.92. The van der Waals surface area contributed by atoms with E-state index in [0.29, 0.717) is 0 Å². The Hall–Kier alpha value is -1.33. The number of thiazole rings is 1. The molecule has 5 heteroatoms. The van der Waals surface area contributed by atoms with Crippen LogP contribution in [0.15, 0.2) is 34.2 Å². The fourth-order valence-corrected chi connectivity index (χ4v) is 3.20. The van der Waals surface area contributed by atoms with Gasteiger partial charge in [0.2, 0.25) is 0 Å². The highest BCUT2D eigenvalue weighted by Gasteiger charge is 2.09. The lowest BCUT2D eigenvalue weighted by atomic mass is 10.2. The Morgan fingerprint density at radius 3 is 3.00 bits per heavy atom. The predicted molar refractivity (Wildman–Crippen MR) is 84.0 cm³/mol. The average Bonchev–Trinajstić information content (AvgIpc) is 2.92. The van der Waals surface area contributed by atoms with E-state index in [-0.39, 0.29) is 0 Å². The summed E-state index contributed by atoms with van der Waals surface area (Å²) in [5.74, 6) is 0. The van der Waals surface area contributed by atoms with Crippen LogP contribution in [0.1, 0.15) is 17.0 Å². The Morgan fingerprint density at radius 2 is 2.21 bits per heavy atom. The summed E-state index contributed by atoms with van der Waals surface area (Å²) in [6.07, 6.45) is 2.07. The Bertz CT molecular complexity index is 729. The van der Waals surface area contributed by atoms with Gasteiger partial charge in [0.25, 0.3) is 0 Å². The van der Waals surface area contributed by atoms with Crippen LogP contribution in [0.3, 0.4) is 0 Å². The van der Waals surface area contributed by atoms with Crippen molar-refractivity contribution >= 4 is 37.9 Å². The molecule has 98 valence electrons. The number of imidazole rings is 1. The van der Waals surface area contributed by atoms with E-state index in [1.165, 1.54) is 11.3 Å². The summed E-state index contributed by atoms with van der Waals surface area (Å²) in [5.41, 5.74) is 4.66. The molecule has 2 heterocycles. The fraction of sp³-hybridized carbons (Fsp3) is 0.214. The molecule has 1 N–H and O–H groups in total. The lowest BCUT2D eigenvalue weighted by molar-refractivity contribution is 0.994. The monoisotopic (exact) mass is 335 g/mol. The minimum atomic E-state index is 0.777. The van der Waals surface area contributed by atoms with Gasteiger partial charge in [0.05, 0.1) is 17.9 Å². The van der Waals surface area contributed by atoms with E-state index in [1.807, 2.05) is 0 Å². The van der Waals surface area contributed by atoms with Gasteiger partial charge in [0, 0.05) is 21.7 Å². The van der Waals surface area contributed by atoms with Crippen LogP contribution in [-0.2, 0) is 6.54 Å². The van der Waals surface area contributed by atoms with Gasteiger partial charge < -0.3 is 5.32 Å². The second-order valence-electron chi connectivity index (χ2n) is 4.52. The zero-order chi connectivity index (χ0) is 13.4. The van der Waals surface area contributed by atoms with Crippen molar-refractivity contribution in [3.63, 3.8) is 0 Å². The summed E-state index contributed by atoms with van der Waals surface area (Å²) >= 11 is 5.22. The molecule has 19 heavy (non-hydrogen) atoms. The largest absolute Gasteiger partial charge is 0.379 e. The molecule has 3 rings (SSSR count). The van der Waals surface area contributed by atoms with Crippen LogP contribution in [0.5, 0.6) is 0 Å². The van der Waals surface area contributed by atoms with E-state index in [4.69, 9.17) is 0 Å². The van der Waals surface area contributed by atoms with Gasteiger partial charge in [-0.2, -0.15) is 0 Å². The Labute approximate surface area is 124 Å². The Morgan fingerprint density at radius 1 is 1.37 bits per heavy atom. The number of hydrogen-bond acceptors (Lipinski definition) is 3. The van der Waals surface area contributed by atoms with Crippen molar-refractivity contribution in [1.82, 2.24) is 9.38 Å². The van der Waals surface area contributed by atoms with E-state index in [1.54, 1.807) is 11.3 Å². The highest BCUT2D eigenvalue weighted by molar-refractivity contribution is 9.10. The average molecular weight is 336 g/mol. The summed E-state index contributed by atoms with van der Waals surface area (Å²) in [4.78, 5) is 5.60. The van der Waals surface area contributed by atoms with Gasteiger partial charge in [0.15, 0.2) is 4.96 Å². The SMILES string of the molecule is Cc1ccc(NCc2c(C)nc3sccn23)cc1Br. The third-order valence-electron chi connectivity index (χ3n) is 3.19. The quantitative estimate of drug-likeness (QED) is 0.769. The molecular weight excluding hydrogens is 322 g/mol. The second-order valence-corrected chi connectivity index (χ2v) is 6.24. The molecule has 0 bridgehead atoms. The van der Waals surface area contributed by atoms with E-state index >= 15 is 0 Å². The van der Waals surface area contributed by atoms with E-state index < -0.39 is 0 Å². The molecule has 0 spiro atoms. The zero-order valence-electron chi connectivity index (χ0n) is 10.8. The smallest absolute Gasteiger partial charge is 0.194 e. The number of aromatic nitrogens is 2. The van der Waals surface area contributed by atoms with Gasteiger partial charge in [-0.3, -0.25) is 4.40 Å². The number of halogens is 1. The maximum atomic E-state index is 4.55. The van der Waals surface area contributed by atoms with Crippen LogP contribution in [0.2, 0.25) is 0 Å². The molecule has 0 unspecified atom stereocenters. The first-order valence-corrected chi connectivity index (χ1v) is 7.73. The van der Waals surface area contributed by atoms with Gasteiger partial charge in [-0.1, -0.05) is 22.0 Å². The molecule has 3 nitrogen and oxygen atoms in total. The van der Waals surface area contributed by atoms with Gasteiger partial charge >= 0.3 is 0 Å². The molecule has 3 aromatic rings. The molecule has 0 radical (unpaired) electrons. The topological polar surface area (TPSA) is 29.3 Å². The minimum absolute atomic E-state index is 0.777. The van der Waals surface area contributed by atoms with E-state index in [0.717, 1.165) is 27.4 Å². The number of benzene rings is 1. The molecule has 0 aliphatic rings. The molecule has 0 amide bonds. The van der Waals surface area contributed by atoms with E-state index in [2.05, 4.69) is 74.3 Å². The molecule has 0 saturated heterocycles. The molecule has 0 aliphatic heterocycles. The maximum absolute atomic E-state index is 4.55. The first kappa shape index (κ1) is 12.7. The zero-order valence-corrected chi connectivity index (χ0v) is 13.2. The molecular formula is C14H14BrN3S. The predicted octanol–water partition coefficient (Wildman–Crippen LogP) is 4.39. The number of rotatable bonds is 3. The van der Waals surface area contributed by atoms with Crippen molar-refractivity contribution in [2.24, 2.45) is 0 Å². The van der Waals surface area contributed by atoms with Gasteiger partial charge in [-0.15, -0.1) is 11.3 Å². The van der Waals surface area contributed by atoms with Crippen LogP contribution in [0, 0.1) is 13.8 Å². The minimum Gasteiger partial charge on any atom is -0.379 e. The lowest BCUT2D eigenvalue weighted by Gasteiger charge is -2.08. The number of hydrogen-bond donors (Lipinski definition) is 1. The van der Waals surface area contributed by atoms with Crippen LogP contribution in [-0.4, -0.2) is 9.38 Å². The Kier molecular flexibility index (Phi) is 3.33. The number of anilines is 1. The summed E-state index contributed by atoms with van der Waals surface area (Å²) < 4.78 is 3.28. The number of aryl methyl sites for hydroxylation is 2. The Balaban J connectivity index is 1.83. The second kappa shape index (κ2) is 4.98. The van der Waals surface area contributed by atoms with Gasteiger partial charge in [0.1, 0.15) is 0 Å². The van der Waals surface area contributed by atoms with Crippen molar-refractivity contribution in [3.8, 4) is 0 Å². The van der Waals surface area contributed by atoms with Gasteiger partial charge in [-0.05, 0) is 31.5 Å². The van der Waals surface area contributed by atoms with Crippen molar-refractivity contribution in [2.45, 2.75) is 20.4 Å². The van der Waals surface area contributed by atoms with Crippen LogP contribution in [0.25, 0.3) is 4.96 Å². The third-order valence-corrected chi connectivity index (χ3v) is 4.80. The molecule has 2 aromatic heterocycles. The summed E-state index contributed by atoms with van der Waals surface area (Å²) in [7, 11) is 0. The van der Waals surface area contributed by atoms with Crippen molar-refractivity contribution in [1.29, 1.82) is 0 Å². The standard InChI is InChI=1S/C14H14BrN3S/c1-9-3-4-11(7-12(9)15)16-8-13-10(2)17-14-18(13)5-6-19-14/h3-7,16H,8H2,1-2H3. The molecule has 1 aromatic carbocycles. The molecule has 0 saturated carbocycles. The highest BCUT2D eigenvalue weighted by Crippen LogP contribution is 2.22. The normalized spacial score (nSPS) is 11.1. The molecule has 0 fully saturated rings. The fourth-order valence-electron chi connectivity index (χ4n) is 2.04. The van der Waals surface area contributed by atoms with Crippen LogP contribution >= 0.6 is 27.3 Å². The molecule has 0 atom stereocenters. The van der Waals surface area contributed by atoms with Crippen LogP contribution in [0.4, 0.5) is 5.69 Å². The number of fused-ring (bicyclic) bond motifs is 1. The van der Waals surface area contributed by atoms with Crippen molar-refractivity contribution in [2.75, 3.05) is 5.32 Å². The summed E-state index contributed by atoms with van der Waals surface area (Å²) in [6, 6.07) is 6.31. The third kappa shape index (κ3) is 2.40. The molecule has 0 aliphatic carbocycles. The number of nitrogens with one attached hydrogen (secondary N) is 1.